The van der Waals surface area contributed by atoms with Crippen LogP contribution in [0.4, 0.5) is 0 Å². The fraction of sp³-hybridized carbons (Fsp3) is 0.611. The molecule has 1 aromatic carbocycles. The monoisotopic (exact) mass is 349 g/mol. The molecule has 1 aromatic rings. The van der Waals surface area contributed by atoms with Crippen LogP contribution in [0.15, 0.2) is 28.7 Å². The minimum atomic E-state index is -0.166. The molecule has 0 unspecified atom stereocenters. The molecule has 0 aromatic heterocycles. The van der Waals surface area contributed by atoms with Crippen molar-refractivity contribution in [3.05, 3.63) is 28.7 Å². The van der Waals surface area contributed by atoms with Crippen LogP contribution in [-0.4, -0.2) is 6.61 Å². The van der Waals surface area contributed by atoms with E-state index in [0.29, 0.717) is 6.61 Å². The van der Waals surface area contributed by atoms with Gasteiger partial charge < -0.3 is 4.74 Å². The first-order chi connectivity index (χ1) is 10.0. The van der Waals surface area contributed by atoms with Gasteiger partial charge in [-0.1, -0.05) is 29.8 Å². The highest BCUT2D eigenvalue weighted by Gasteiger charge is 2.36. The number of hydrogen-bond donors (Lipinski definition) is 0. The minimum Gasteiger partial charge on any atom is -0.494 e. The van der Waals surface area contributed by atoms with Crippen molar-refractivity contribution in [1.29, 1.82) is 5.26 Å². The molecule has 2 nitrogen and oxygen atoms in total. The second-order valence-electron chi connectivity index (χ2n) is 6.53. The summed E-state index contributed by atoms with van der Waals surface area (Å²) in [5, 5.41) is 9.59. The number of halogens is 1. The van der Waals surface area contributed by atoms with Crippen LogP contribution in [0, 0.1) is 28.6 Å². The van der Waals surface area contributed by atoms with Gasteiger partial charge in [0, 0.05) is 10.9 Å². The predicted octanol–water partition coefficient (Wildman–Crippen LogP) is 5.57. The Bertz CT molecular complexity index is 481. The molecule has 3 heteroatoms. The second kappa shape index (κ2) is 7.31. The van der Waals surface area contributed by atoms with E-state index < -0.39 is 0 Å². The van der Waals surface area contributed by atoms with Crippen molar-refractivity contribution in [2.24, 2.45) is 17.3 Å². The summed E-state index contributed by atoms with van der Waals surface area (Å²) in [6.07, 6.45) is 5.25. The first-order valence-corrected chi connectivity index (χ1v) is 8.63. The van der Waals surface area contributed by atoms with E-state index in [-0.39, 0.29) is 5.41 Å². The smallest absolute Gasteiger partial charge is 0.119 e. The van der Waals surface area contributed by atoms with Gasteiger partial charge in [0.25, 0.3) is 0 Å². The van der Waals surface area contributed by atoms with Gasteiger partial charge in [0.1, 0.15) is 5.75 Å². The second-order valence-corrected chi connectivity index (χ2v) is 7.44. The third kappa shape index (κ3) is 4.48. The molecule has 1 aliphatic rings. The molecule has 0 radical (unpaired) electrons. The molecule has 0 saturated heterocycles. The first kappa shape index (κ1) is 16.4. The lowest BCUT2D eigenvalue weighted by Crippen LogP contribution is -2.29. The summed E-state index contributed by atoms with van der Waals surface area (Å²) in [4.78, 5) is 0. The zero-order valence-corrected chi connectivity index (χ0v) is 14.5. The Morgan fingerprint density at radius 2 is 1.90 bits per heavy atom. The summed E-state index contributed by atoms with van der Waals surface area (Å²) in [6.45, 7) is 5.21. The SMILES string of the molecule is CC(C)C1CCC(C#N)(CCOc2ccc(Br)cc2)CC1. The summed E-state index contributed by atoms with van der Waals surface area (Å²) < 4.78 is 6.84. The standard InChI is InChI=1S/C18H24BrNO/c1-14(2)15-7-9-18(13-20,10-8-15)11-12-21-17-5-3-16(19)4-6-17/h3-6,14-15H,7-12H2,1-2H3. The molecule has 2 rings (SSSR count). The molecule has 0 amide bonds. The maximum atomic E-state index is 9.59. The topological polar surface area (TPSA) is 33.0 Å². The Morgan fingerprint density at radius 1 is 1.29 bits per heavy atom. The summed E-state index contributed by atoms with van der Waals surface area (Å²) in [6, 6.07) is 10.4. The van der Waals surface area contributed by atoms with Crippen LogP contribution in [0.3, 0.4) is 0 Å². The van der Waals surface area contributed by atoms with E-state index in [0.717, 1.165) is 41.3 Å². The van der Waals surface area contributed by atoms with E-state index in [4.69, 9.17) is 4.74 Å². The van der Waals surface area contributed by atoms with Gasteiger partial charge in [-0.15, -0.1) is 0 Å². The van der Waals surface area contributed by atoms with E-state index in [2.05, 4.69) is 35.8 Å². The van der Waals surface area contributed by atoms with Gasteiger partial charge >= 0.3 is 0 Å². The molecule has 114 valence electrons. The molecule has 0 bridgehead atoms. The maximum Gasteiger partial charge on any atom is 0.119 e. The Morgan fingerprint density at radius 3 is 2.43 bits per heavy atom. The van der Waals surface area contributed by atoms with E-state index in [1.54, 1.807) is 0 Å². The van der Waals surface area contributed by atoms with Gasteiger partial charge in [-0.05, 0) is 61.8 Å². The lowest BCUT2D eigenvalue weighted by molar-refractivity contribution is 0.143. The van der Waals surface area contributed by atoms with Crippen molar-refractivity contribution in [3.8, 4) is 11.8 Å². The van der Waals surface area contributed by atoms with Crippen LogP contribution in [0.25, 0.3) is 0 Å². The Labute approximate surface area is 136 Å². The van der Waals surface area contributed by atoms with E-state index in [9.17, 15) is 5.26 Å². The number of rotatable bonds is 5. The van der Waals surface area contributed by atoms with Gasteiger partial charge in [0.05, 0.1) is 18.1 Å². The third-order valence-electron chi connectivity index (χ3n) is 4.83. The molecule has 1 fully saturated rings. The average molecular weight is 350 g/mol. The number of nitriles is 1. The van der Waals surface area contributed by atoms with Crippen molar-refractivity contribution in [2.75, 3.05) is 6.61 Å². The zero-order chi connectivity index (χ0) is 15.3. The van der Waals surface area contributed by atoms with Crippen molar-refractivity contribution in [2.45, 2.75) is 46.0 Å². The number of nitrogens with zero attached hydrogens (tertiary/aromatic N) is 1. The van der Waals surface area contributed by atoms with E-state index >= 15 is 0 Å². The molecule has 0 atom stereocenters. The van der Waals surface area contributed by atoms with Crippen LogP contribution in [0.5, 0.6) is 5.75 Å². The highest BCUT2D eigenvalue weighted by Crippen LogP contribution is 2.43. The lowest BCUT2D eigenvalue weighted by atomic mass is 9.67. The molecular formula is C18H24BrNO. The van der Waals surface area contributed by atoms with Crippen LogP contribution < -0.4 is 4.74 Å². The largest absolute Gasteiger partial charge is 0.494 e. The van der Waals surface area contributed by atoms with E-state index in [1.165, 1.54) is 12.8 Å². The number of benzene rings is 1. The Hall–Kier alpha value is -1.01. The number of ether oxygens (including phenoxy) is 1. The van der Waals surface area contributed by atoms with Crippen LogP contribution in [-0.2, 0) is 0 Å². The predicted molar refractivity (Wildman–Crippen MR) is 89.1 cm³/mol. The van der Waals surface area contributed by atoms with Crippen LogP contribution in [0.2, 0.25) is 0 Å². The maximum absolute atomic E-state index is 9.59. The van der Waals surface area contributed by atoms with Crippen molar-refractivity contribution in [1.82, 2.24) is 0 Å². The molecule has 1 aliphatic carbocycles. The quantitative estimate of drug-likeness (QED) is 0.695. The lowest BCUT2D eigenvalue weighted by Gasteiger charge is -2.36. The number of hydrogen-bond acceptors (Lipinski definition) is 2. The summed E-state index contributed by atoms with van der Waals surface area (Å²) in [5.41, 5.74) is -0.166. The van der Waals surface area contributed by atoms with Crippen LogP contribution >= 0.6 is 15.9 Å². The van der Waals surface area contributed by atoms with Crippen LogP contribution in [0.1, 0.15) is 46.0 Å². The Kier molecular flexibility index (Phi) is 5.70. The van der Waals surface area contributed by atoms with Gasteiger partial charge in [-0.3, -0.25) is 0 Å². The molecule has 21 heavy (non-hydrogen) atoms. The molecule has 0 spiro atoms. The Balaban J connectivity index is 1.83. The van der Waals surface area contributed by atoms with Crippen molar-refractivity contribution in [3.63, 3.8) is 0 Å². The molecule has 0 aliphatic heterocycles. The molecule has 0 N–H and O–H groups in total. The first-order valence-electron chi connectivity index (χ1n) is 7.84. The van der Waals surface area contributed by atoms with Gasteiger partial charge in [0.2, 0.25) is 0 Å². The fourth-order valence-corrected chi connectivity index (χ4v) is 3.44. The highest BCUT2D eigenvalue weighted by atomic mass is 79.9. The highest BCUT2D eigenvalue weighted by molar-refractivity contribution is 9.10. The van der Waals surface area contributed by atoms with Gasteiger partial charge in [-0.25, -0.2) is 0 Å². The summed E-state index contributed by atoms with van der Waals surface area (Å²) >= 11 is 3.41. The summed E-state index contributed by atoms with van der Waals surface area (Å²) in [5.74, 6) is 2.40. The molecular weight excluding hydrogens is 326 g/mol. The van der Waals surface area contributed by atoms with Crippen molar-refractivity contribution < 1.29 is 4.74 Å². The van der Waals surface area contributed by atoms with Gasteiger partial charge in [0.15, 0.2) is 0 Å². The van der Waals surface area contributed by atoms with Gasteiger partial charge in [-0.2, -0.15) is 5.26 Å². The molecule has 0 heterocycles. The van der Waals surface area contributed by atoms with Crippen molar-refractivity contribution >= 4 is 15.9 Å². The fourth-order valence-electron chi connectivity index (χ4n) is 3.17. The summed E-state index contributed by atoms with van der Waals surface area (Å²) in [7, 11) is 0. The average Bonchev–Trinajstić information content (AvgIpc) is 2.50. The normalized spacial score (nSPS) is 25.6. The zero-order valence-electron chi connectivity index (χ0n) is 12.9. The minimum absolute atomic E-state index is 0.166. The van der Waals surface area contributed by atoms with E-state index in [1.807, 2.05) is 24.3 Å². The molecule has 1 saturated carbocycles. The third-order valence-corrected chi connectivity index (χ3v) is 5.36.